The van der Waals surface area contributed by atoms with E-state index >= 15 is 0 Å². The van der Waals surface area contributed by atoms with Crippen molar-refractivity contribution in [3.63, 3.8) is 0 Å². The molecule has 1 unspecified atom stereocenters. The van der Waals surface area contributed by atoms with Crippen molar-refractivity contribution in [3.8, 4) is 0 Å². The molecule has 2 fully saturated rings. The van der Waals surface area contributed by atoms with Gasteiger partial charge in [0.05, 0.1) is 0 Å². The van der Waals surface area contributed by atoms with Crippen LogP contribution in [0.5, 0.6) is 0 Å². The highest BCUT2D eigenvalue weighted by Crippen LogP contribution is 2.23. The number of nitrogens with zero attached hydrogens (tertiary/aromatic N) is 2. The largest absolute Gasteiger partial charge is 0.337 e. The van der Waals surface area contributed by atoms with Crippen LogP contribution in [0.15, 0.2) is 11.6 Å². The maximum absolute atomic E-state index is 12.3. The summed E-state index contributed by atoms with van der Waals surface area (Å²) in [6, 6.07) is -0.185. The number of hydrogen-bond donors (Lipinski definition) is 0. The minimum atomic E-state index is -0.185. The monoisotopic (exact) mass is 236 g/mol. The van der Waals surface area contributed by atoms with Crippen LogP contribution in [0, 0.1) is 0 Å². The highest BCUT2D eigenvalue weighted by atomic mass is 16.2. The molecular weight excluding hydrogens is 216 g/mol. The molecule has 0 N–H and O–H groups in total. The first kappa shape index (κ1) is 12.1. The molecule has 0 saturated carbocycles. The Morgan fingerprint density at radius 3 is 2.82 bits per heavy atom. The second-order valence-corrected chi connectivity index (χ2v) is 5.06. The lowest BCUT2D eigenvalue weighted by Gasteiger charge is -2.24. The van der Waals surface area contributed by atoms with Crippen LogP contribution in [0.1, 0.15) is 33.1 Å². The molecule has 17 heavy (non-hydrogen) atoms. The number of fused-ring (bicyclic) bond motifs is 1. The molecule has 94 valence electrons. The molecule has 2 amide bonds. The Kier molecular flexibility index (Phi) is 3.50. The molecule has 2 aliphatic heterocycles. The first-order valence-corrected chi connectivity index (χ1v) is 6.31. The van der Waals surface area contributed by atoms with Crippen LogP contribution in [0.4, 0.5) is 0 Å². The lowest BCUT2D eigenvalue weighted by molar-refractivity contribution is -0.139. The molecule has 4 heteroatoms. The fourth-order valence-corrected chi connectivity index (χ4v) is 2.49. The van der Waals surface area contributed by atoms with Crippen LogP contribution in [-0.4, -0.2) is 47.3 Å². The van der Waals surface area contributed by atoms with E-state index in [1.165, 1.54) is 5.57 Å². The summed E-state index contributed by atoms with van der Waals surface area (Å²) in [6.07, 6.45) is 4.31. The predicted molar refractivity (Wildman–Crippen MR) is 65.4 cm³/mol. The molecule has 2 saturated heterocycles. The van der Waals surface area contributed by atoms with E-state index < -0.39 is 0 Å². The smallest absolute Gasteiger partial charge is 0.245 e. The standard InChI is InChI=1S/C13H20N2O2/c1-10(2)5-8-14-9-6-12(16)15-7-3-4-11(15)13(14)17/h5,11H,3-4,6-9H2,1-2H3. The summed E-state index contributed by atoms with van der Waals surface area (Å²) in [5, 5.41) is 0. The van der Waals surface area contributed by atoms with E-state index in [4.69, 9.17) is 0 Å². The average molecular weight is 236 g/mol. The quantitative estimate of drug-likeness (QED) is 0.675. The molecule has 0 aromatic rings. The summed E-state index contributed by atoms with van der Waals surface area (Å²) < 4.78 is 0. The Morgan fingerprint density at radius 1 is 1.35 bits per heavy atom. The molecule has 0 aliphatic carbocycles. The molecule has 2 rings (SSSR count). The number of carbonyl (C=O) groups excluding carboxylic acids is 2. The van der Waals surface area contributed by atoms with Gasteiger partial charge >= 0.3 is 0 Å². The van der Waals surface area contributed by atoms with Gasteiger partial charge in [0.2, 0.25) is 11.8 Å². The maximum atomic E-state index is 12.3. The summed E-state index contributed by atoms with van der Waals surface area (Å²) in [6.45, 7) is 6.00. The van der Waals surface area contributed by atoms with Gasteiger partial charge in [-0.25, -0.2) is 0 Å². The minimum Gasteiger partial charge on any atom is -0.337 e. The summed E-state index contributed by atoms with van der Waals surface area (Å²) >= 11 is 0. The molecule has 1 atom stereocenters. The van der Waals surface area contributed by atoms with Gasteiger partial charge in [0.1, 0.15) is 6.04 Å². The van der Waals surface area contributed by atoms with Gasteiger partial charge in [0.25, 0.3) is 0 Å². The van der Waals surface area contributed by atoms with E-state index in [2.05, 4.69) is 0 Å². The van der Waals surface area contributed by atoms with Crippen molar-refractivity contribution in [2.45, 2.75) is 39.2 Å². The average Bonchev–Trinajstić information content (AvgIpc) is 2.72. The Labute approximate surface area is 102 Å². The van der Waals surface area contributed by atoms with E-state index in [1.54, 1.807) is 4.90 Å². The third-order valence-electron chi connectivity index (χ3n) is 3.49. The third kappa shape index (κ3) is 2.51. The van der Waals surface area contributed by atoms with E-state index in [-0.39, 0.29) is 17.9 Å². The fourth-order valence-electron chi connectivity index (χ4n) is 2.49. The zero-order valence-electron chi connectivity index (χ0n) is 10.6. The lowest BCUT2D eigenvalue weighted by atomic mass is 10.2. The van der Waals surface area contributed by atoms with Crippen LogP contribution >= 0.6 is 0 Å². The number of hydrogen-bond acceptors (Lipinski definition) is 2. The molecule has 0 aromatic carbocycles. The molecule has 2 heterocycles. The molecule has 2 aliphatic rings. The first-order valence-electron chi connectivity index (χ1n) is 6.31. The first-order chi connectivity index (χ1) is 8.09. The van der Waals surface area contributed by atoms with E-state index in [9.17, 15) is 9.59 Å². The summed E-state index contributed by atoms with van der Waals surface area (Å²) in [5.41, 5.74) is 1.21. The van der Waals surface area contributed by atoms with Gasteiger partial charge in [0, 0.05) is 26.1 Å². The van der Waals surface area contributed by atoms with Crippen molar-refractivity contribution in [2.75, 3.05) is 19.6 Å². The van der Waals surface area contributed by atoms with Crippen LogP contribution < -0.4 is 0 Å². The van der Waals surface area contributed by atoms with E-state index in [0.29, 0.717) is 19.5 Å². The number of rotatable bonds is 2. The second kappa shape index (κ2) is 4.90. The van der Waals surface area contributed by atoms with Crippen molar-refractivity contribution in [3.05, 3.63) is 11.6 Å². The number of amides is 2. The van der Waals surface area contributed by atoms with Crippen LogP contribution in [-0.2, 0) is 9.59 Å². The van der Waals surface area contributed by atoms with Crippen molar-refractivity contribution in [2.24, 2.45) is 0 Å². The summed E-state index contributed by atoms with van der Waals surface area (Å²) in [5.74, 6) is 0.270. The van der Waals surface area contributed by atoms with Gasteiger partial charge in [-0.2, -0.15) is 0 Å². The molecule has 0 bridgehead atoms. The molecule has 0 radical (unpaired) electrons. The maximum Gasteiger partial charge on any atom is 0.245 e. The van der Waals surface area contributed by atoms with Crippen LogP contribution in [0.25, 0.3) is 0 Å². The predicted octanol–water partition coefficient (Wildman–Crippen LogP) is 1.18. The fraction of sp³-hybridized carbons (Fsp3) is 0.692. The zero-order valence-corrected chi connectivity index (χ0v) is 10.6. The van der Waals surface area contributed by atoms with Crippen LogP contribution in [0.3, 0.4) is 0 Å². The minimum absolute atomic E-state index is 0.130. The number of carbonyl (C=O) groups is 2. The van der Waals surface area contributed by atoms with Crippen molar-refractivity contribution < 1.29 is 9.59 Å². The van der Waals surface area contributed by atoms with Gasteiger partial charge < -0.3 is 9.80 Å². The summed E-state index contributed by atoms with van der Waals surface area (Å²) in [7, 11) is 0. The number of allylic oxidation sites excluding steroid dienone is 1. The van der Waals surface area contributed by atoms with E-state index in [1.807, 2.05) is 24.8 Å². The third-order valence-corrected chi connectivity index (χ3v) is 3.49. The van der Waals surface area contributed by atoms with Crippen molar-refractivity contribution >= 4 is 11.8 Å². The van der Waals surface area contributed by atoms with Gasteiger partial charge in [-0.15, -0.1) is 0 Å². The van der Waals surface area contributed by atoms with E-state index in [0.717, 1.165) is 19.4 Å². The normalized spacial score (nSPS) is 24.7. The van der Waals surface area contributed by atoms with Gasteiger partial charge in [-0.1, -0.05) is 11.6 Å². The molecule has 0 aromatic heterocycles. The highest BCUT2D eigenvalue weighted by Gasteiger charge is 2.38. The topological polar surface area (TPSA) is 40.6 Å². The molecule has 4 nitrogen and oxygen atoms in total. The molecule has 0 spiro atoms. The highest BCUT2D eigenvalue weighted by molar-refractivity contribution is 5.90. The van der Waals surface area contributed by atoms with Crippen molar-refractivity contribution in [1.29, 1.82) is 0 Å². The Hall–Kier alpha value is -1.32. The molecular formula is C13H20N2O2. The van der Waals surface area contributed by atoms with Crippen LogP contribution in [0.2, 0.25) is 0 Å². The zero-order chi connectivity index (χ0) is 12.4. The van der Waals surface area contributed by atoms with Gasteiger partial charge in [0.15, 0.2) is 0 Å². The van der Waals surface area contributed by atoms with Gasteiger partial charge in [-0.05, 0) is 26.7 Å². The summed E-state index contributed by atoms with van der Waals surface area (Å²) in [4.78, 5) is 27.7. The Bertz CT molecular complexity index is 358. The van der Waals surface area contributed by atoms with Gasteiger partial charge in [-0.3, -0.25) is 9.59 Å². The Morgan fingerprint density at radius 2 is 2.12 bits per heavy atom. The Balaban J connectivity index is 2.11. The second-order valence-electron chi connectivity index (χ2n) is 5.06. The SMILES string of the molecule is CC(C)=CCN1CCC(=O)N2CCCC2C1=O. The lowest BCUT2D eigenvalue weighted by Crippen LogP contribution is -2.43. The van der Waals surface area contributed by atoms with Crippen molar-refractivity contribution in [1.82, 2.24) is 9.80 Å².